The number of imidazole rings is 1. The van der Waals surface area contributed by atoms with E-state index in [1.54, 1.807) is 24.3 Å². The Bertz CT molecular complexity index is 1670. The van der Waals surface area contributed by atoms with Crippen LogP contribution in [0.5, 0.6) is 5.75 Å². The molecule has 2 amide bonds. The summed E-state index contributed by atoms with van der Waals surface area (Å²) in [7, 11) is 0. The minimum atomic E-state index is -0.546. The summed E-state index contributed by atoms with van der Waals surface area (Å²) in [5.41, 5.74) is 4.02. The number of hydrogen-bond donors (Lipinski definition) is 4. The van der Waals surface area contributed by atoms with Gasteiger partial charge in [-0.3, -0.25) is 5.41 Å². The van der Waals surface area contributed by atoms with Gasteiger partial charge in [-0.2, -0.15) is 0 Å². The number of aliphatic hydroxyl groups excluding tert-OH is 1. The van der Waals surface area contributed by atoms with Crippen LogP contribution < -0.4 is 14.8 Å². The van der Waals surface area contributed by atoms with E-state index in [1.807, 2.05) is 37.3 Å². The number of carbonyl (C=O) groups is 1. The molecule has 230 valence electrons. The highest BCUT2D eigenvalue weighted by atomic mass is 32.2. The number of benzene rings is 3. The van der Waals surface area contributed by atoms with Gasteiger partial charge in [-0.05, 0) is 52.9 Å². The first-order chi connectivity index (χ1) is 21.4. The quantitative estimate of drug-likeness (QED) is 0.102. The smallest absolute Gasteiger partial charge is 0.318 e. The number of urea groups is 1. The fourth-order valence-electron chi connectivity index (χ4n) is 5.01. The first-order valence-corrected chi connectivity index (χ1v) is 15.1. The number of anilines is 1. The van der Waals surface area contributed by atoms with Crippen molar-refractivity contribution in [3.8, 4) is 16.9 Å². The lowest BCUT2D eigenvalue weighted by Crippen LogP contribution is -2.38. The third-order valence-electron chi connectivity index (χ3n) is 7.18. The lowest BCUT2D eigenvalue weighted by atomic mass is 9.95. The summed E-state index contributed by atoms with van der Waals surface area (Å²) in [4.78, 5) is 18.1. The van der Waals surface area contributed by atoms with Crippen LogP contribution in [-0.2, 0) is 26.1 Å². The Hall–Kier alpha value is -4.14. The van der Waals surface area contributed by atoms with E-state index in [-0.39, 0.29) is 86.1 Å². The zero-order valence-electron chi connectivity index (χ0n) is 23.6. The molecule has 0 spiro atoms. The summed E-state index contributed by atoms with van der Waals surface area (Å²) in [6.45, 7) is 2.17. The summed E-state index contributed by atoms with van der Waals surface area (Å²) in [6.07, 6.45) is 0.571. The summed E-state index contributed by atoms with van der Waals surface area (Å²) < 4.78 is 52.4. The molecule has 1 aromatic heterocycles. The Labute approximate surface area is 261 Å². The molecule has 44 heavy (non-hydrogen) atoms. The van der Waals surface area contributed by atoms with E-state index in [2.05, 4.69) is 15.0 Å². The van der Waals surface area contributed by atoms with E-state index < -0.39 is 11.8 Å². The van der Waals surface area contributed by atoms with Gasteiger partial charge in [-0.1, -0.05) is 43.3 Å². The van der Waals surface area contributed by atoms with Crippen molar-refractivity contribution < 1.29 is 26.8 Å². The third kappa shape index (κ3) is 6.51. The molecule has 0 saturated carbocycles. The molecule has 0 radical (unpaired) electrons. The monoisotopic (exact) mass is 642 g/mol. The molecule has 9 nitrogen and oxygen atoms in total. The number of amides is 2. The van der Waals surface area contributed by atoms with Crippen LogP contribution in [0.15, 0.2) is 60.7 Å². The largest absolute Gasteiger partial charge is 0.486 e. The van der Waals surface area contributed by atoms with Crippen molar-refractivity contribution in [2.75, 3.05) is 17.9 Å². The van der Waals surface area contributed by atoms with E-state index in [0.29, 0.717) is 28.9 Å². The SMILES string of the molecule is CCc1cc(OCc2ccccc2)c(F)cc1-c1ccc(C(=N)c2nc3c(n2SF)CN(C(=O)NCCO)C3)c(NSF)c1. The van der Waals surface area contributed by atoms with Gasteiger partial charge in [0.05, 0.1) is 36.8 Å². The number of nitrogens with one attached hydrogen (secondary N) is 3. The van der Waals surface area contributed by atoms with Crippen molar-refractivity contribution in [1.29, 1.82) is 5.41 Å². The van der Waals surface area contributed by atoms with Crippen molar-refractivity contribution in [2.45, 2.75) is 33.0 Å². The van der Waals surface area contributed by atoms with Crippen LogP contribution in [0.4, 0.5) is 22.6 Å². The Kier molecular flexibility index (Phi) is 10.0. The summed E-state index contributed by atoms with van der Waals surface area (Å²) >= 11 is -0.313. The number of nitrogens with zero attached hydrogens (tertiary/aromatic N) is 3. The van der Waals surface area contributed by atoms with Gasteiger partial charge in [0.1, 0.15) is 12.3 Å². The molecule has 1 aliphatic rings. The normalized spacial score (nSPS) is 12.2. The molecular weight excluding hydrogens is 613 g/mol. The van der Waals surface area contributed by atoms with E-state index in [0.717, 1.165) is 15.1 Å². The number of rotatable bonds is 12. The summed E-state index contributed by atoms with van der Waals surface area (Å²) in [6, 6.07) is 16.9. The molecular formula is C30H29F3N6O3S2. The van der Waals surface area contributed by atoms with Crippen LogP contribution in [0.3, 0.4) is 0 Å². The molecule has 14 heteroatoms. The summed E-state index contributed by atoms with van der Waals surface area (Å²) in [5, 5.41) is 20.4. The molecule has 0 atom stereocenters. The van der Waals surface area contributed by atoms with Gasteiger partial charge in [-0.15, -0.1) is 7.77 Å². The molecule has 3 aromatic carbocycles. The Morgan fingerprint density at radius 3 is 2.64 bits per heavy atom. The Balaban J connectivity index is 1.42. The lowest BCUT2D eigenvalue weighted by Gasteiger charge is -2.18. The molecule has 5 rings (SSSR count). The number of fused-ring (bicyclic) bond motifs is 1. The van der Waals surface area contributed by atoms with E-state index in [4.69, 9.17) is 15.3 Å². The van der Waals surface area contributed by atoms with E-state index >= 15 is 4.39 Å². The molecule has 4 aromatic rings. The fourth-order valence-corrected chi connectivity index (χ4v) is 5.71. The minimum absolute atomic E-state index is 0.00205. The zero-order chi connectivity index (χ0) is 31.2. The molecule has 0 aliphatic carbocycles. The molecule has 2 heterocycles. The number of aliphatic hydroxyl groups is 1. The van der Waals surface area contributed by atoms with E-state index in [9.17, 15) is 12.6 Å². The van der Waals surface area contributed by atoms with Crippen LogP contribution in [0.25, 0.3) is 11.1 Å². The van der Waals surface area contributed by atoms with Crippen molar-refractivity contribution in [1.82, 2.24) is 19.2 Å². The molecule has 0 bridgehead atoms. The van der Waals surface area contributed by atoms with Gasteiger partial charge in [0.2, 0.25) is 0 Å². The number of carbonyl (C=O) groups excluding carboxylic acids is 1. The molecule has 1 aliphatic heterocycles. The van der Waals surface area contributed by atoms with Gasteiger partial charge in [0.15, 0.2) is 42.1 Å². The standard InChI is InChI=1S/C30H29F3N6O3S2/c1-2-19-13-27(42-17-18-6-4-3-5-7-18)23(31)14-22(19)20-8-9-21(24(12-20)37-43-32)28(34)29-36-25-15-38(30(41)35-10-11-40)16-26(25)39(29)44-33/h3-9,12-14,34,37,40H,2,10-11,15-17H2,1H3,(H,35,41). The van der Waals surface area contributed by atoms with Crippen molar-refractivity contribution in [3.05, 3.63) is 100 Å². The van der Waals surface area contributed by atoms with Crippen LogP contribution in [-0.4, -0.2) is 43.9 Å². The second-order valence-corrected chi connectivity index (χ2v) is 10.7. The Morgan fingerprint density at radius 1 is 1.14 bits per heavy atom. The maximum Gasteiger partial charge on any atom is 0.318 e. The van der Waals surface area contributed by atoms with Gasteiger partial charge in [-0.25, -0.2) is 18.1 Å². The predicted octanol–water partition coefficient (Wildman–Crippen LogP) is 6.59. The van der Waals surface area contributed by atoms with Gasteiger partial charge >= 0.3 is 6.03 Å². The summed E-state index contributed by atoms with van der Waals surface area (Å²) in [5.74, 6) is -0.425. The van der Waals surface area contributed by atoms with Crippen LogP contribution in [0, 0.1) is 11.2 Å². The number of ether oxygens (including phenoxy) is 1. The number of aryl methyl sites for hydroxylation is 1. The van der Waals surface area contributed by atoms with Crippen molar-refractivity contribution >= 4 is 42.1 Å². The number of hydrogen-bond acceptors (Lipinski definition) is 8. The lowest BCUT2D eigenvalue weighted by molar-refractivity contribution is 0.193. The van der Waals surface area contributed by atoms with E-state index in [1.165, 1.54) is 11.0 Å². The van der Waals surface area contributed by atoms with Gasteiger partial charge in [0, 0.05) is 12.1 Å². The number of aromatic nitrogens is 2. The van der Waals surface area contributed by atoms with Crippen LogP contribution in [0.1, 0.15) is 40.8 Å². The maximum absolute atomic E-state index is 15.2. The molecule has 4 N–H and O–H groups in total. The molecule has 0 unspecified atom stereocenters. The minimum Gasteiger partial charge on any atom is -0.486 e. The fraction of sp³-hybridized carbons (Fsp3) is 0.233. The average molecular weight is 643 g/mol. The molecule has 0 saturated heterocycles. The first kappa shape index (κ1) is 31.3. The van der Waals surface area contributed by atoms with Gasteiger partial charge < -0.3 is 24.8 Å². The highest BCUT2D eigenvalue weighted by Gasteiger charge is 2.32. The van der Waals surface area contributed by atoms with Crippen LogP contribution in [0.2, 0.25) is 0 Å². The highest BCUT2D eigenvalue weighted by molar-refractivity contribution is 7.95. The molecule has 0 fully saturated rings. The topological polar surface area (TPSA) is 116 Å². The predicted molar refractivity (Wildman–Crippen MR) is 166 cm³/mol. The average Bonchev–Trinajstić information content (AvgIpc) is 3.61. The third-order valence-corrected chi connectivity index (χ3v) is 8.01. The van der Waals surface area contributed by atoms with Crippen LogP contribution >= 0.6 is 24.7 Å². The van der Waals surface area contributed by atoms with Gasteiger partial charge in [0.25, 0.3) is 0 Å². The maximum atomic E-state index is 15.2. The second kappa shape index (κ2) is 14.1. The number of halogens is 3. The zero-order valence-corrected chi connectivity index (χ0v) is 25.2. The van der Waals surface area contributed by atoms with Crippen molar-refractivity contribution in [3.63, 3.8) is 0 Å². The highest BCUT2D eigenvalue weighted by Crippen LogP contribution is 2.36. The first-order valence-electron chi connectivity index (χ1n) is 13.7. The second-order valence-electron chi connectivity index (χ2n) is 9.89. The van der Waals surface area contributed by atoms with Crippen molar-refractivity contribution in [2.24, 2.45) is 0 Å². The Morgan fingerprint density at radius 2 is 1.93 bits per heavy atom.